The fraction of sp³-hybridized carbons (Fsp3) is 0. The number of benzene rings is 8. The third kappa shape index (κ3) is 6.84. The van der Waals surface area contributed by atoms with Crippen molar-refractivity contribution in [3.05, 3.63) is 231 Å². The highest BCUT2D eigenvalue weighted by molar-refractivity contribution is 5.85. The first-order valence-electron chi connectivity index (χ1n) is 23.6. The molecule has 0 amide bonds. The van der Waals surface area contributed by atoms with Crippen LogP contribution in [-0.2, 0) is 0 Å². The van der Waals surface area contributed by atoms with Crippen LogP contribution in [0.4, 0.5) is 0 Å². The third-order valence-electron chi connectivity index (χ3n) is 9.89. The molecule has 10 aromatic rings. The predicted molar refractivity (Wildman–Crippen MR) is 235 cm³/mol. The maximum absolute atomic E-state index is 8.97. The molecule has 0 radical (unpaired) electrons. The first-order valence-corrected chi connectivity index (χ1v) is 18.6. The summed E-state index contributed by atoms with van der Waals surface area (Å²) in [5, 5.41) is 0. The van der Waals surface area contributed by atoms with Crippen molar-refractivity contribution in [3.8, 4) is 78.6 Å². The van der Waals surface area contributed by atoms with Crippen molar-refractivity contribution in [2.45, 2.75) is 0 Å². The third-order valence-corrected chi connectivity index (χ3v) is 9.89. The zero-order valence-corrected chi connectivity index (χ0v) is 30.8. The van der Waals surface area contributed by atoms with Crippen molar-refractivity contribution in [2.24, 2.45) is 0 Å². The summed E-state index contributed by atoms with van der Waals surface area (Å²) < 4.78 is 96.5. The lowest BCUT2D eigenvalue weighted by atomic mass is 9.95. The quantitative estimate of drug-likeness (QED) is 0.109. The fourth-order valence-corrected chi connectivity index (χ4v) is 7.17. The van der Waals surface area contributed by atoms with Crippen LogP contribution in [0.25, 0.3) is 78.2 Å². The van der Waals surface area contributed by atoms with Crippen molar-refractivity contribution in [2.75, 3.05) is 0 Å². The van der Waals surface area contributed by atoms with Gasteiger partial charge in [-0.15, -0.1) is 0 Å². The van der Waals surface area contributed by atoms with E-state index in [2.05, 4.69) is 48.8 Å². The van der Waals surface area contributed by atoms with E-state index in [1.165, 1.54) is 0 Å². The highest BCUT2D eigenvalue weighted by Crippen LogP contribution is 2.35. The van der Waals surface area contributed by atoms with Crippen LogP contribution in [0.3, 0.4) is 0 Å². The number of nitrogens with zero attached hydrogens (tertiary/aromatic N) is 3. The molecule has 274 valence electrons. The largest absolute Gasteiger partial charge is 0.458 e. The minimum absolute atomic E-state index is 0.130. The smallest absolute Gasteiger partial charge is 0.269 e. The van der Waals surface area contributed by atoms with Gasteiger partial charge in [-0.25, -0.2) is 0 Å². The Morgan fingerprint density at radius 3 is 1.79 bits per heavy atom. The van der Waals surface area contributed by atoms with Gasteiger partial charge in [0.15, 0.2) is 0 Å². The van der Waals surface area contributed by atoms with Gasteiger partial charge < -0.3 is 4.74 Å². The van der Waals surface area contributed by atoms with Gasteiger partial charge in [-0.1, -0.05) is 176 Å². The second kappa shape index (κ2) is 15.4. The summed E-state index contributed by atoms with van der Waals surface area (Å²) in [4.78, 5) is 4.69. The normalized spacial score (nSPS) is 13.5. The van der Waals surface area contributed by atoms with Crippen LogP contribution in [0.5, 0.6) is 11.5 Å². The molecule has 0 atom stereocenters. The Bertz CT molecular complexity index is 3470. The van der Waals surface area contributed by atoms with Crippen LogP contribution in [0.15, 0.2) is 224 Å². The summed E-state index contributed by atoms with van der Waals surface area (Å²) in [5.74, 6) is 1.09. The highest BCUT2D eigenvalue weighted by atomic mass is 16.5. The number of para-hydroxylation sites is 3. The molecule has 0 unspecified atom stereocenters. The number of hydrogen-bond acceptors (Lipinski definition) is 2. The lowest BCUT2D eigenvalue weighted by molar-refractivity contribution is -0.571. The van der Waals surface area contributed by atoms with E-state index in [1.54, 1.807) is 33.5 Å². The average Bonchev–Trinajstić information content (AvgIpc) is 3.76. The summed E-state index contributed by atoms with van der Waals surface area (Å²) in [5.41, 5.74) is 8.10. The number of pyridine rings is 1. The van der Waals surface area contributed by atoms with E-state index in [0.717, 1.165) is 33.5 Å². The van der Waals surface area contributed by atoms with Gasteiger partial charge in [-0.05, 0) is 87.0 Å². The molecular weight excluding hydrogens is 707 g/mol. The van der Waals surface area contributed by atoms with E-state index in [9.17, 15) is 0 Å². The second-order valence-electron chi connectivity index (χ2n) is 13.5. The molecule has 0 spiro atoms. The Hall–Kier alpha value is -7.82. The SMILES string of the molecule is [2H]c1c([2H])c([2H])c(-c2cccc(-c3c([2H])c([2H])c([2H])c([2H])c3[2H])c2-[n+]2[c-]n(-c3cccc(Oc4cccc(-c5cc(-c6ccc(-c7ccccc7)cc6)ccn5)c4)c3)c3ccccc32)c([2H])c1[2H]. The van der Waals surface area contributed by atoms with Gasteiger partial charge in [0.2, 0.25) is 0 Å². The number of hydrogen-bond donors (Lipinski definition) is 0. The molecule has 2 heterocycles. The molecule has 0 saturated carbocycles. The molecular formula is C54H37N3O. The molecule has 8 aromatic carbocycles. The van der Waals surface area contributed by atoms with E-state index in [-0.39, 0.29) is 27.9 Å². The topological polar surface area (TPSA) is 30.9 Å². The van der Waals surface area contributed by atoms with Crippen LogP contribution in [0.2, 0.25) is 0 Å². The first kappa shape index (κ1) is 25.4. The van der Waals surface area contributed by atoms with E-state index in [4.69, 9.17) is 23.4 Å². The molecule has 0 aliphatic carbocycles. The van der Waals surface area contributed by atoms with Gasteiger partial charge >= 0.3 is 0 Å². The van der Waals surface area contributed by atoms with Crippen LogP contribution in [0.1, 0.15) is 13.7 Å². The van der Waals surface area contributed by atoms with Gasteiger partial charge in [0.1, 0.15) is 11.5 Å². The Morgan fingerprint density at radius 1 is 0.483 bits per heavy atom. The summed E-state index contributed by atoms with van der Waals surface area (Å²) in [6.07, 6.45) is 5.21. The number of fused-ring (bicyclic) bond motifs is 1. The summed E-state index contributed by atoms with van der Waals surface area (Å²) in [6, 6.07) is 44.7. The molecule has 0 aliphatic rings. The van der Waals surface area contributed by atoms with Crippen molar-refractivity contribution >= 4 is 11.0 Å². The molecule has 2 aromatic heterocycles. The molecule has 0 N–H and O–H groups in total. The summed E-state index contributed by atoms with van der Waals surface area (Å²) in [7, 11) is 0. The van der Waals surface area contributed by atoms with Crippen molar-refractivity contribution in [3.63, 3.8) is 0 Å². The molecule has 0 saturated heterocycles. The zero-order valence-electron chi connectivity index (χ0n) is 40.8. The summed E-state index contributed by atoms with van der Waals surface area (Å²) >= 11 is 0. The Morgan fingerprint density at radius 2 is 1.07 bits per heavy atom. The van der Waals surface area contributed by atoms with Crippen LogP contribution in [0, 0.1) is 6.33 Å². The number of imidazole rings is 1. The van der Waals surface area contributed by atoms with Gasteiger partial charge in [0, 0.05) is 11.8 Å². The minimum atomic E-state index is -0.566. The molecule has 4 nitrogen and oxygen atoms in total. The van der Waals surface area contributed by atoms with Crippen molar-refractivity contribution < 1.29 is 23.0 Å². The number of ether oxygens (including phenoxy) is 1. The minimum Gasteiger partial charge on any atom is -0.458 e. The molecule has 58 heavy (non-hydrogen) atoms. The number of rotatable bonds is 9. The maximum Gasteiger partial charge on any atom is 0.269 e. The highest BCUT2D eigenvalue weighted by Gasteiger charge is 2.19. The lowest BCUT2D eigenvalue weighted by Gasteiger charge is -2.17. The monoisotopic (exact) mass is 753 g/mol. The summed E-state index contributed by atoms with van der Waals surface area (Å²) in [6.45, 7) is 0. The van der Waals surface area contributed by atoms with Gasteiger partial charge in [0.25, 0.3) is 6.33 Å². The van der Waals surface area contributed by atoms with Gasteiger partial charge in [0.05, 0.1) is 41.8 Å². The van der Waals surface area contributed by atoms with Gasteiger partial charge in [-0.3, -0.25) is 14.1 Å². The first-order chi connectivity index (χ1) is 32.9. The zero-order chi connectivity index (χ0) is 47.4. The molecule has 10 rings (SSSR count). The molecule has 4 heteroatoms. The Kier molecular flexibility index (Phi) is 6.72. The average molecular weight is 754 g/mol. The maximum atomic E-state index is 8.97. The second-order valence-corrected chi connectivity index (χ2v) is 13.5. The predicted octanol–water partition coefficient (Wildman–Crippen LogP) is 13.2. The standard InChI is InChI=1S/C54H37N3O/c1-4-15-39(16-5-1)40-29-31-41(32-30-40)44-33-34-55-51(36-44)45-21-12-23-47(35-45)58-48-24-13-22-46(37-48)56-38-57(53-28-11-10-27-52(53)56)54-49(42-17-6-2-7-18-42)25-14-26-50(54)43-19-8-3-9-20-43/h1-37H/i2D,3D,6D,7D,8D,9D,17D,18D,19D,20D. The van der Waals surface area contributed by atoms with Crippen LogP contribution < -0.4 is 9.30 Å². The molecule has 0 aliphatic heterocycles. The number of aromatic nitrogens is 3. The van der Waals surface area contributed by atoms with E-state index < -0.39 is 60.4 Å². The van der Waals surface area contributed by atoms with Crippen molar-refractivity contribution in [1.29, 1.82) is 0 Å². The van der Waals surface area contributed by atoms with E-state index in [0.29, 0.717) is 28.2 Å². The fourth-order valence-electron chi connectivity index (χ4n) is 7.17. The Balaban J connectivity index is 1.05. The lowest BCUT2D eigenvalue weighted by Crippen LogP contribution is -2.31. The van der Waals surface area contributed by atoms with Crippen LogP contribution in [-0.4, -0.2) is 9.55 Å². The molecule has 0 bridgehead atoms. The van der Waals surface area contributed by atoms with E-state index in [1.807, 2.05) is 97.1 Å². The Labute approximate surface area is 352 Å². The molecule has 0 fully saturated rings. The van der Waals surface area contributed by atoms with Gasteiger partial charge in [-0.2, -0.15) is 0 Å². The van der Waals surface area contributed by atoms with E-state index >= 15 is 0 Å². The van der Waals surface area contributed by atoms with Crippen LogP contribution >= 0.6 is 0 Å². The van der Waals surface area contributed by atoms with Crippen molar-refractivity contribution in [1.82, 2.24) is 9.55 Å².